The van der Waals surface area contributed by atoms with Gasteiger partial charge in [0, 0.05) is 13.6 Å². The fraction of sp³-hybridized carbons (Fsp3) is 0.462. The molecule has 0 radical (unpaired) electrons. The Hall–Kier alpha value is -1.35. The summed E-state index contributed by atoms with van der Waals surface area (Å²) in [7, 11) is 1.79. The third-order valence-corrected chi connectivity index (χ3v) is 2.67. The lowest BCUT2D eigenvalue weighted by molar-refractivity contribution is -0.131. The second-order valence-electron chi connectivity index (χ2n) is 4.19. The molecule has 2 N–H and O–H groups in total. The third kappa shape index (κ3) is 3.35. The molecule has 0 aliphatic heterocycles. The summed E-state index contributed by atoms with van der Waals surface area (Å²) in [5.41, 5.74) is 8.06. The van der Waals surface area contributed by atoms with Gasteiger partial charge in [0.2, 0.25) is 5.91 Å². The summed E-state index contributed by atoms with van der Waals surface area (Å²) < 4.78 is 0. The summed E-state index contributed by atoms with van der Waals surface area (Å²) in [5.74, 6) is 0.00285. The van der Waals surface area contributed by atoms with E-state index in [0.717, 1.165) is 5.56 Å². The van der Waals surface area contributed by atoms with Crippen molar-refractivity contribution in [2.75, 3.05) is 7.05 Å². The molecule has 0 bridgehead atoms. The number of aryl methyl sites for hydroxylation is 1. The van der Waals surface area contributed by atoms with Gasteiger partial charge in [-0.3, -0.25) is 4.79 Å². The topological polar surface area (TPSA) is 46.3 Å². The van der Waals surface area contributed by atoms with Crippen molar-refractivity contribution in [1.29, 1.82) is 0 Å². The largest absolute Gasteiger partial charge is 0.340 e. The Morgan fingerprint density at radius 2 is 1.94 bits per heavy atom. The second-order valence-corrected chi connectivity index (χ2v) is 4.19. The Balaban J connectivity index is 2.60. The molecule has 0 unspecified atom stereocenters. The first kappa shape index (κ1) is 12.7. The highest BCUT2D eigenvalue weighted by Gasteiger charge is 2.15. The normalized spacial score (nSPS) is 12.2. The summed E-state index contributed by atoms with van der Waals surface area (Å²) in [4.78, 5) is 13.4. The number of hydrogen-bond acceptors (Lipinski definition) is 2. The average Bonchev–Trinajstić information content (AvgIpc) is 2.30. The third-order valence-electron chi connectivity index (χ3n) is 2.67. The standard InChI is InChI=1S/C13H20N2O/c1-4-12(14)13(16)15(3)9-11-7-5-10(2)6-8-11/h5-8,12H,4,9,14H2,1-3H3/t12-/m1/s1. The van der Waals surface area contributed by atoms with Gasteiger partial charge in [0.1, 0.15) is 0 Å². The van der Waals surface area contributed by atoms with Crippen LogP contribution in [0, 0.1) is 6.92 Å². The van der Waals surface area contributed by atoms with Crippen molar-refractivity contribution in [2.45, 2.75) is 32.9 Å². The number of amides is 1. The van der Waals surface area contributed by atoms with Crippen molar-refractivity contribution in [3.05, 3.63) is 35.4 Å². The highest BCUT2D eigenvalue weighted by atomic mass is 16.2. The van der Waals surface area contributed by atoms with Crippen LogP contribution in [0.5, 0.6) is 0 Å². The van der Waals surface area contributed by atoms with Gasteiger partial charge >= 0.3 is 0 Å². The van der Waals surface area contributed by atoms with E-state index in [1.54, 1.807) is 11.9 Å². The van der Waals surface area contributed by atoms with E-state index >= 15 is 0 Å². The molecule has 0 fully saturated rings. The Kier molecular flexibility index (Phi) is 4.50. The van der Waals surface area contributed by atoms with Crippen LogP contribution in [-0.2, 0) is 11.3 Å². The Morgan fingerprint density at radius 1 is 1.38 bits per heavy atom. The summed E-state index contributed by atoms with van der Waals surface area (Å²) in [6.07, 6.45) is 0.678. The van der Waals surface area contributed by atoms with Crippen LogP contribution < -0.4 is 5.73 Å². The minimum Gasteiger partial charge on any atom is -0.340 e. The number of benzene rings is 1. The van der Waals surface area contributed by atoms with E-state index in [1.165, 1.54) is 5.56 Å². The van der Waals surface area contributed by atoms with Gasteiger partial charge in [-0.1, -0.05) is 36.8 Å². The molecule has 0 aliphatic rings. The molecule has 1 atom stereocenters. The van der Waals surface area contributed by atoms with E-state index < -0.39 is 0 Å². The molecule has 0 saturated heterocycles. The zero-order chi connectivity index (χ0) is 12.1. The minimum absolute atomic E-state index is 0.00285. The molecule has 0 saturated carbocycles. The van der Waals surface area contributed by atoms with Gasteiger partial charge in [0.25, 0.3) is 0 Å². The van der Waals surface area contributed by atoms with E-state index in [4.69, 9.17) is 5.73 Å². The maximum Gasteiger partial charge on any atom is 0.239 e. The maximum atomic E-state index is 11.7. The van der Waals surface area contributed by atoms with Crippen LogP contribution in [0.2, 0.25) is 0 Å². The molecular formula is C13H20N2O. The van der Waals surface area contributed by atoms with Crippen molar-refractivity contribution in [1.82, 2.24) is 4.90 Å². The van der Waals surface area contributed by atoms with Crippen molar-refractivity contribution < 1.29 is 4.79 Å². The van der Waals surface area contributed by atoms with Crippen molar-refractivity contribution >= 4 is 5.91 Å². The molecule has 3 nitrogen and oxygen atoms in total. The number of carbonyl (C=O) groups excluding carboxylic acids is 1. The fourth-order valence-corrected chi connectivity index (χ4v) is 1.50. The smallest absolute Gasteiger partial charge is 0.239 e. The molecule has 0 heterocycles. The van der Waals surface area contributed by atoms with Crippen molar-refractivity contribution in [2.24, 2.45) is 5.73 Å². The molecule has 1 aromatic carbocycles. The number of hydrogen-bond donors (Lipinski definition) is 1. The summed E-state index contributed by atoms with van der Waals surface area (Å²) in [6.45, 7) is 4.58. The zero-order valence-electron chi connectivity index (χ0n) is 10.2. The first-order chi connectivity index (χ1) is 7.54. The van der Waals surface area contributed by atoms with Crippen LogP contribution in [0.15, 0.2) is 24.3 Å². The quantitative estimate of drug-likeness (QED) is 0.839. The Labute approximate surface area is 97.2 Å². The number of nitrogens with zero attached hydrogens (tertiary/aromatic N) is 1. The van der Waals surface area contributed by atoms with Gasteiger partial charge in [0.15, 0.2) is 0 Å². The van der Waals surface area contributed by atoms with Crippen LogP contribution in [0.1, 0.15) is 24.5 Å². The molecule has 1 amide bonds. The lowest BCUT2D eigenvalue weighted by Gasteiger charge is -2.20. The van der Waals surface area contributed by atoms with E-state index in [1.807, 2.05) is 38.1 Å². The van der Waals surface area contributed by atoms with Gasteiger partial charge < -0.3 is 10.6 Å². The fourth-order valence-electron chi connectivity index (χ4n) is 1.50. The zero-order valence-corrected chi connectivity index (χ0v) is 10.2. The van der Waals surface area contributed by atoms with Gasteiger partial charge in [-0.25, -0.2) is 0 Å². The molecule has 1 aromatic rings. The lowest BCUT2D eigenvalue weighted by Crippen LogP contribution is -2.40. The predicted molar refractivity (Wildman–Crippen MR) is 65.9 cm³/mol. The highest BCUT2D eigenvalue weighted by molar-refractivity contribution is 5.81. The lowest BCUT2D eigenvalue weighted by atomic mass is 10.1. The summed E-state index contributed by atoms with van der Waals surface area (Å²) in [5, 5.41) is 0. The number of rotatable bonds is 4. The van der Waals surface area contributed by atoms with Crippen molar-refractivity contribution in [3.8, 4) is 0 Å². The molecule has 0 aliphatic carbocycles. The SMILES string of the molecule is CC[C@@H](N)C(=O)N(C)Cc1ccc(C)cc1. The van der Waals surface area contributed by atoms with E-state index in [2.05, 4.69) is 0 Å². The number of likely N-dealkylation sites (N-methyl/N-ethyl adjacent to an activating group) is 1. The monoisotopic (exact) mass is 220 g/mol. The van der Waals surface area contributed by atoms with Crippen LogP contribution >= 0.6 is 0 Å². The van der Waals surface area contributed by atoms with Crippen LogP contribution in [0.4, 0.5) is 0 Å². The Morgan fingerprint density at radius 3 is 2.44 bits per heavy atom. The Bertz CT molecular complexity index is 345. The summed E-state index contributed by atoms with van der Waals surface area (Å²) in [6, 6.07) is 7.80. The second kappa shape index (κ2) is 5.66. The molecule has 16 heavy (non-hydrogen) atoms. The number of nitrogens with two attached hydrogens (primary N) is 1. The molecule has 0 spiro atoms. The molecule has 88 valence electrons. The molecule has 3 heteroatoms. The summed E-state index contributed by atoms with van der Waals surface area (Å²) >= 11 is 0. The molecule has 1 rings (SSSR count). The predicted octanol–water partition coefficient (Wildman–Crippen LogP) is 1.69. The van der Waals surface area contributed by atoms with Gasteiger partial charge in [0.05, 0.1) is 6.04 Å². The van der Waals surface area contributed by atoms with Gasteiger partial charge in [-0.05, 0) is 18.9 Å². The molecule has 0 aromatic heterocycles. The van der Waals surface area contributed by atoms with E-state index in [-0.39, 0.29) is 11.9 Å². The minimum atomic E-state index is -0.379. The van der Waals surface area contributed by atoms with Gasteiger partial charge in [-0.15, -0.1) is 0 Å². The highest BCUT2D eigenvalue weighted by Crippen LogP contribution is 2.07. The van der Waals surface area contributed by atoms with Crippen molar-refractivity contribution in [3.63, 3.8) is 0 Å². The van der Waals surface area contributed by atoms with Crippen LogP contribution in [0.3, 0.4) is 0 Å². The average molecular weight is 220 g/mol. The van der Waals surface area contributed by atoms with E-state index in [0.29, 0.717) is 13.0 Å². The van der Waals surface area contributed by atoms with Crippen LogP contribution in [0.25, 0.3) is 0 Å². The van der Waals surface area contributed by atoms with E-state index in [9.17, 15) is 4.79 Å². The number of carbonyl (C=O) groups is 1. The maximum absolute atomic E-state index is 11.7. The van der Waals surface area contributed by atoms with Crippen LogP contribution in [-0.4, -0.2) is 23.9 Å². The molecular weight excluding hydrogens is 200 g/mol. The first-order valence-corrected chi connectivity index (χ1v) is 5.60. The first-order valence-electron chi connectivity index (χ1n) is 5.60. The van der Waals surface area contributed by atoms with Gasteiger partial charge in [-0.2, -0.15) is 0 Å².